The number of amides is 1. The van der Waals surface area contributed by atoms with Crippen molar-refractivity contribution in [3.8, 4) is 0 Å². The molecule has 2 N–H and O–H groups in total. The van der Waals surface area contributed by atoms with Crippen LogP contribution in [-0.2, 0) is 11.3 Å². The van der Waals surface area contributed by atoms with E-state index in [0.29, 0.717) is 13.1 Å². The van der Waals surface area contributed by atoms with E-state index in [9.17, 15) is 4.79 Å². The number of rotatable bonds is 5. The third-order valence-corrected chi connectivity index (χ3v) is 3.46. The van der Waals surface area contributed by atoms with Crippen LogP contribution in [0.15, 0.2) is 12.1 Å². The number of carbonyl (C=O) groups is 1. The summed E-state index contributed by atoms with van der Waals surface area (Å²) in [5.41, 5.74) is 4.86. The van der Waals surface area contributed by atoms with Gasteiger partial charge in [-0.05, 0) is 63.8 Å². The molecule has 4 nitrogen and oxygen atoms in total. The first-order valence-electron chi connectivity index (χ1n) is 7.44. The van der Waals surface area contributed by atoms with Gasteiger partial charge >= 0.3 is 6.09 Å². The zero-order chi connectivity index (χ0) is 16.0. The van der Waals surface area contributed by atoms with Gasteiger partial charge in [-0.15, -0.1) is 0 Å². The van der Waals surface area contributed by atoms with Crippen LogP contribution >= 0.6 is 0 Å². The van der Waals surface area contributed by atoms with E-state index in [0.717, 1.165) is 6.54 Å². The zero-order valence-electron chi connectivity index (χ0n) is 14.1. The monoisotopic (exact) mass is 292 g/mol. The Bertz CT molecular complexity index is 490. The third-order valence-electron chi connectivity index (χ3n) is 3.46. The normalized spacial score (nSPS) is 11.3. The average Bonchev–Trinajstić information content (AvgIpc) is 2.36. The quantitative estimate of drug-likeness (QED) is 0.819. The molecule has 0 atom stereocenters. The van der Waals surface area contributed by atoms with Gasteiger partial charge in [0.2, 0.25) is 0 Å². The molecule has 0 fully saturated rings. The van der Waals surface area contributed by atoms with E-state index in [1.54, 1.807) is 0 Å². The number of benzene rings is 1. The number of nitrogens with one attached hydrogen (secondary N) is 2. The first-order chi connectivity index (χ1) is 9.70. The molecule has 1 rings (SSSR count). The largest absolute Gasteiger partial charge is 0.444 e. The molecule has 0 aliphatic rings. The van der Waals surface area contributed by atoms with Crippen LogP contribution < -0.4 is 10.6 Å². The summed E-state index contributed by atoms with van der Waals surface area (Å²) in [7, 11) is 0. The molecule has 0 aliphatic heterocycles. The Hall–Kier alpha value is -1.55. The lowest BCUT2D eigenvalue weighted by molar-refractivity contribution is 0.0528. The molecule has 0 bridgehead atoms. The van der Waals surface area contributed by atoms with Gasteiger partial charge in [0.15, 0.2) is 0 Å². The van der Waals surface area contributed by atoms with Crippen molar-refractivity contribution >= 4 is 6.09 Å². The Kier molecular flexibility index (Phi) is 6.21. The molecule has 118 valence electrons. The summed E-state index contributed by atoms with van der Waals surface area (Å²) in [6.07, 6.45) is -0.369. The highest BCUT2D eigenvalue weighted by Crippen LogP contribution is 2.16. The smallest absolute Gasteiger partial charge is 0.407 e. The SMILES string of the molecule is Cc1ccc(CNCCNC(=O)OC(C)(C)C)c(C)c1C. The van der Waals surface area contributed by atoms with Gasteiger partial charge in [0, 0.05) is 19.6 Å². The van der Waals surface area contributed by atoms with Gasteiger partial charge in [0.25, 0.3) is 0 Å². The minimum absolute atomic E-state index is 0.369. The van der Waals surface area contributed by atoms with Gasteiger partial charge in [-0.25, -0.2) is 4.79 Å². The van der Waals surface area contributed by atoms with E-state index < -0.39 is 5.60 Å². The summed E-state index contributed by atoms with van der Waals surface area (Å²) in [5.74, 6) is 0. The van der Waals surface area contributed by atoms with Gasteiger partial charge in [0.1, 0.15) is 5.60 Å². The molecular formula is C17H28N2O2. The maximum Gasteiger partial charge on any atom is 0.407 e. The molecule has 1 amide bonds. The number of aryl methyl sites for hydroxylation is 1. The lowest BCUT2D eigenvalue weighted by Crippen LogP contribution is -2.36. The molecule has 0 saturated heterocycles. The highest BCUT2D eigenvalue weighted by molar-refractivity contribution is 5.67. The zero-order valence-corrected chi connectivity index (χ0v) is 14.1. The van der Waals surface area contributed by atoms with E-state index >= 15 is 0 Å². The second kappa shape index (κ2) is 7.46. The Labute approximate surface area is 128 Å². The Morgan fingerprint density at radius 1 is 1.10 bits per heavy atom. The van der Waals surface area contributed by atoms with E-state index in [1.807, 2.05) is 20.8 Å². The first-order valence-corrected chi connectivity index (χ1v) is 7.44. The van der Waals surface area contributed by atoms with Crippen molar-refractivity contribution in [1.82, 2.24) is 10.6 Å². The van der Waals surface area contributed by atoms with Crippen LogP contribution in [0.25, 0.3) is 0 Å². The van der Waals surface area contributed by atoms with Crippen LogP contribution in [0, 0.1) is 20.8 Å². The minimum Gasteiger partial charge on any atom is -0.444 e. The van der Waals surface area contributed by atoms with Crippen molar-refractivity contribution in [3.05, 3.63) is 34.4 Å². The van der Waals surface area contributed by atoms with Crippen molar-refractivity contribution in [2.45, 2.75) is 53.7 Å². The summed E-state index contributed by atoms with van der Waals surface area (Å²) < 4.78 is 5.17. The second-order valence-electron chi connectivity index (χ2n) is 6.40. The lowest BCUT2D eigenvalue weighted by Gasteiger charge is -2.19. The number of hydrogen-bond acceptors (Lipinski definition) is 3. The number of ether oxygens (including phenoxy) is 1. The first kappa shape index (κ1) is 17.5. The maximum atomic E-state index is 11.5. The molecular weight excluding hydrogens is 264 g/mol. The molecule has 0 radical (unpaired) electrons. The standard InChI is InChI=1S/C17H28N2O2/c1-12-7-8-15(14(3)13(12)2)11-18-9-10-19-16(20)21-17(4,5)6/h7-8,18H,9-11H2,1-6H3,(H,19,20). The van der Waals surface area contributed by atoms with Crippen molar-refractivity contribution in [2.24, 2.45) is 0 Å². The Balaban J connectivity index is 2.29. The second-order valence-corrected chi connectivity index (χ2v) is 6.40. The summed E-state index contributed by atoms with van der Waals surface area (Å²) in [4.78, 5) is 11.5. The minimum atomic E-state index is -0.450. The summed E-state index contributed by atoms with van der Waals surface area (Å²) >= 11 is 0. The van der Waals surface area contributed by atoms with Gasteiger partial charge in [-0.2, -0.15) is 0 Å². The number of alkyl carbamates (subject to hydrolysis) is 1. The van der Waals surface area contributed by atoms with Crippen LogP contribution in [-0.4, -0.2) is 24.8 Å². The summed E-state index contributed by atoms with van der Waals surface area (Å²) in [5, 5.41) is 6.07. The molecule has 0 heterocycles. The van der Waals surface area contributed by atoms with E-state index in [1.165, 1.54) is 22.3 Å². The van der Waals surface area contributed by atoms with E-state index in [-0.39, 0.29) is 6.09 Å². The predicted octanol–water partition coefficient (Wildman–Crippen LogP) is 3.23. The van der Waals surface area contributed by atoms with Crippen molar-refractivity contribution < 1.29 is 9.53 Å². The molecule has 0 spiro atoms. The van der Waals surface area contributed by atoms with Gasteiger partial charge < -0.3 is 15.4 Å². The van der Waals surface area contributed by atoms with E-state index in [4.69, 9.17) is 4.74 Å². The Morgan fingerprint density at radius 3 is 2.38 bits per heavy atom. The molecule has 1 aromatic rings. The predicted molar refractivity (Wildman–Crippen MR) is 86.6 cm³/mol. The summed E-state index contributed by atoms with van der Waals surface area (Å²) in [6, 6.07) is 4.31. The lowest BCUT2D eigenvalue weighted by atomic mass is 9.99. The van der Waals surface area contributed by atoms with Crippen LogP contribution in [0.2, 0.25) is 0 Å². The number of carbonyl (C=O) groups excluding carboxylic acids is 1. The van der Waals surface area contributed by atoms with Crippen molar-refractivity contribution in [2.75, 3.05) is 13.1 Å². The van der Waals surface area contributed by atoms with E-state index in [2.05, 4.69) is 43.5 Å². The summed E-state index contributed by atoms with van der Waals surface area (Å²) in [6.45, 7) is 14.1. The molecule has 4 heteroatoms. The molecule has 0 aromatic heterocycles. The van der Waals surface area contributed by atoms with Crippen molar-refractivity contribution in [3.63, 3.8) is 0 Å². The Morgan fingerprint density at radius 2 is 1.76 bits per heavy atom. The highest BCUT2D eigenvalue weighted by Gasteiger charge is 2.15. The van der Waals surface area contributed by atoms with Crippen LogP contribution in [0.4, 0.5) is 4.79 Å². The number of hydrogen-bond donors (Lipinski definition) is 2. The van der Waals surface area contributed by atoms with Gasteiger partial charge in [0.05, 0.1) is 0 Å². The molecule has 0 saturated carbocycles. The molecule has 0 aliphatic carbocycles. The fourth-order valence-corrected chi connectivity index (χ4v) is 1.99. The molecule has 1 aromatic carbocycles. The van der Waals surface area contributed by atoms with Crippen LogP contribution in [0.1, 0.15) is 43.0 Å². The molecule has 21 heavy (non-hydrogen) atoms. The van der Waals surface area contributed by atoms with Crippen LogP contribution in [0.5, 0.6) is 0 Å². The van der Waals surface area contributed by atoms with Gasteiger partial charge in [-0.3, -0.25) is 0 Å². The average molecular weight is 292 g/mol. The van der Waals surface area contributed by atoms with Crippen LogP contribution in [0.3, 0.4) is 0 Å². The molecule has 0 unspecified atom stereocenters. The fraction of sp³-hybridized carbons (Fsp3) is 0.588. The maximum absolute atomic E-state index is 11.5. The van der Waals surface area contributed by atoms with Crippen molar-refractivity contribution in [1.29, 1.82) is 0 Å². The highest BCUT2D eigenvalue weighted by atomic mass is 16.6. The third kappa shape index (κ3) is 6.17. The topological polar surface area (TPSA) is 50.4 Å². The van der Waals surface area contributed by atoms with Gasteiger partial charge in [-0.1, -0.05) is 12.1 Å². The fourth-order valence-electron chi connectivity index (χ4n) is 1.99.